The first-order valence-electron chi connectivity index (χ1n) is 6.03. The molecule has 3 atom stereocenters. The fourth-order valence-electron chi connectivity index (χ4n) is 2.96. The lowest BCUT2D eigenvalue weighted by atomic mass is 9.62. The zero-order valence-corrected chi connectivity index (χ0v) is 9.66. The molecule has 2 heteroatoms. The second-order valence-corrected chi connectivity index (χ2v) is 4.99. The lowest BCUT2D eigenvalue weighted by Gasteiger charge is -2.42. The van der Waals surface area contributed by atoms with Gasteiger partial charge in [-0.2, -0.15) is 0 Å². The molecule has 1 fully saturated rings. The Balaban J connectivity index is 2.17. The number of rotatable bonds is 2. The summed E-state index contributed by atoms with van der Waals surface area (Å²) in [4.78, 5) is 12.0. The van der Waals surface area contributed by atoms with Gasteiger partial charge in [0.2, 0.25) is 0 Å². The average molecular weight is 208 g/mol. The van der Waals surface area contributed by atoms with E-state index in [4.69, 9.17) is 4.74 Å². The summed E-state index contributed by atoms with van der Waals surface area (Å²) < 4.78 is 5.20. The molecule has 2 nitrogen and oxygen atoms in total. The summed E-state index contributed by atoms with van der Waals surface area (Å²) >= 11 is 0. The summed E-state index contributed by atoms with van der Waals surface area (Å²) in [6.07, 6.45) is 8.56. The van der Waals surface area contributed by atoms with Gasteiger partial charge in [0.15, 0.2) is 0 Å². The van der Waals surface area contributed by atoms with Crippen molar-refractivity contribution >= 4 is 5.97 Å². The number of carbonyl (C=O) groups excluding carboxylic acids is 1. The van der Waals surface area contributed by atoms with Crippen LogP contribution in [0.15, 0.2) is 12.2 Å². The van der Waals surface area contributed by atoms with E-state index in [1.165, 1.54) is 0 Å². The number of allylic oxidation sites excluding steroid dienone is 1. The first kappa shape index (κ1) is 10.7. The molecule has 0 N–H and O–H groups in total. The zero-order valence-electron chi connectivity index (χ0n) is 9.66. The van der Waals surface area contributed by atoms with E-state index in [0.29, 0.717) is 12.5 Å². The summed E-state index contributed by atoms with van der Waals surface area (Å²) in [5, 5.41) is 0. The van der Waals surface area contributed by atoms with Crippen LogP contribution < -0.4 is 0 Å². The van der Waals surface area contributed by atoms with E-state index in [2.05, 4.69) is 19.1 Å². The third-order valence-electron chi connectivity index (χ3n) is 4.03. The maximum Gasteiger partial charge on any atom is 0.315 e. The Bertz CT molecular complexity index is 282. The van der Waals surface area contributed by atoms with Crippen LogP contribution >= 0.6 is 0 Å². The van der Waals surface area contributed by atoms with Crippen LogP contribution in [-0.2, 0) is 9.53 Å². The Morgan fingerprint density at radius 3 is 3.13 bits per heavy atom. The highest BCUT2D eigenvalue weighted by molar-refractivity contribution is 5.79. The molecule has 2 bridgehead atoms. The van der Waals surface area contributed by atoms with Gasteiger partial charge in [-0.3, -0.25) is 4.79 Å². The minimum atomic E-state index is -0.272. The van der Waals surface area contributed by atoms with Gasteiger partial charge in [-0.25, -0.2) is 0 Å². The summed E-state index contributed by atoms with van der Waals surface area (Å²) in [6.45, 7) is 4.68. The maximum atomic E-state index is 12.0. The molecule has 1 saturated carbocycles. The standard InChI is InChI=1S/C13H20O2/c1-3-15-12(14)13-7-4-5-11(9-13)10(2)6-8-13/h4,7,10-11H,3,5-6,8-9H2,1-2H3/t10-,11+,13-/m0/s1. The normalized spacial score (nSPS) is 38.8. The lowest BCUT2D eigenvalue weighted by molar-refractivity contribution is -0.156. The van der Waals surface area contributed by atoms with Gasteiger partial charge < -0.3 is 4.74 Å². The molecule has 0 spiro atoms. The van der Waals surface area contributed by atoms with Gasteiger partial charge in [0.25, 0.3) is 0 Å². The van der Waals surface area contributed by atoms with E-state index in [1.54, 1.807) is 0 Å². The molecule has 84 valence electrons. The van der Waals surface area contributed by atoms with Crippen molar-refractivity contribution in [3.05, 3.63) is 12.2 Å². The van der Waals surface area contributed by atoms with Crippen molar-refractivity contribution in [1.82, 2.24) is 0 Å². The van der Waals surface area contributed by atoms with Crippen LogP contribution in [0.25, 0.3) is 0 Å². The van der Waals surface area contributed by atoms with Gasteiger partial charge in [-0.15, -0.1) is 0 Å². The van der Waals surface area contributed by atoms with E-state index in [1.807, 2.05) is 6.92 Å². The molecule has 0 aliphatic heterocycles. The van der Waals surface area contributed by atoms with Crippen LogP contribution in [0.3, 0.4) is 0 Å². The number of ether oxygens (including phenoxy) is 1. The van der Waals surface area contributed by atoms with Crippen LogP contribution in [0.4, 0.5) is 0 Å². The van der Waals surface area contributed by atoms with Gasteiger partial charge in [0, 0.05) is 0 Å². The van der Waals surface area contributed by atoms with Crippen LogP contribution in [0.5, 0.6) is 0 Å². The van der Waals surface area contributed by atoms with Crippen LogP contribution in [0.2, 0.25) is 0 Å². The van der Waals surface area contributed by atoms with E-state index < -0.39 is 0 Å². The Labute approximate surface area is 91.7 Å². The third-order valence-corrected chi connectivity index (χ3v) is 4.03. The van der Waals surface area contributed by atoms with Crippen molar-refractivity contribution in [2.45, 2.75) is 39.5 Å². The highest BCUT2D eigenvalue weighted by Crippen LogP contribution is 2.48. The smallest absolute Gasteiger partial charge is 0.315 e. The van der Waals surface area contributed by atoms with E-state index >= 15 is 0 Å². The first-order chi connectivity index (χ1) is 7.18. The maximum absolute atomic E-state index is 12.0. The molecule has 2 aliphatic carbocycles. The Morgan fingerprint density at radius 1 is 1.60 bits per heavy atom. The summed E-state index contributed by atoms with van der Waals surface area (Å²) in [7, 11) is 0. The van der Waals surface area contributed by atoms with Crippen molar-refractivity contribution in [3.63, 3.8) is 0 Å². The van der Waals surface area contributed by atoms with Crippen molar-refractivity contribution in [3.8, 4) is 0 Å². The van der Waals surface area contributed by atoms with Crippen LogP contribution in [0, 0.1) is 17.3 Å². The van der Waals surface area contributed by atoms with Crippen LogP contribution in [-0.4, -0.2) is 12.6 Å². The molecule has 0 radical (unpaired) electrons. The molecule has 0 aromatic carbocycles. The van der Waals surface area contributed by atoms with Crippen molar-refractivity contribution in [1.29, 1.82) is 0 Å². The lowest BCUT2D eigenvalue weighted by Crippen LogP contribution is -2.40. The van der Waals surface area contributed by atoms with E-state index in [0.717, 1.165) is 31.6 Å². The minimum absolute atomic E-state index is 0.00199. The number of esters is 1. The largest absolute Gasteiger partial charge is 0.465 e. The monoisotopic (exact) mass is 208 g/mol. The first-order valence-corrected chi connectivity index (χ1v) is 6.03. The number of hydrogen-bond donors (Lipinski definition) is 0. The van der Waals surface area contributed by atoms with Gasteiger partial charge in [0.05, 0.1) is 12.0 Å². The zero-order chi connectivity index (χ0) is 10.9. The molecule has 0 heterocycles. The summed E-state index contributed by atoms with van der Waals surface area (Å²) in [5.74, 6) is 1.45. The van der Waals surface area contributed by atoms with E-state index in [-0.39, 0.29) is 11.4 Å². The van der Waals surface area contributed by atoms with Gasteiger partial charge in [-0.1, -0.05) is 19.1 Å². The Morgan fingerprint density at radius 2 is 2.40 bits per heavy atom. The molecule has 0 aromatic rings. The van der Waals surface area contributed by atoms with Gasteiger partial charge >= 0.3 is 5.97 Å². The van der Waals surface area contributed by atoms with Crippen molar-refractivity contribution in [2.24, 2.45) is 17.3 Å². The SMILES string of the molecule is CCOC(=O)[C@]12C=CC[C@H](C1)[C@@H](C)CC2. The minimum Gasteiger partial charge on any atom is -0.465 e. The molecule has 0 saturated heterocycles. The second kappa shape index (κ2) is 3.99. The summed E-state index contributed by atoms with van der Waals surface area (Å²) in [6, 6.07) is 0. The molecule has 0 aromatic heterocycles. The highest BCUT2D eigenvalue weighted by Gasteiger charge is 2.45. The Kier molecular flexibility index (Phi) is 2.85. The molecule has 15 heavy (non-hydrogen) atoms. The van der Waals surface area contributed by atoms with Crippen LogP contribution in [0.1, 0.15) is 39.5 Å². The van der Waals surface area contributed by atoms with Crippen molar-refractivity contribution in [2.75, 3.05) is 6.61 Å². The molecule has 2 aliphatic rings. The number of fused-ring (bicyclic) bond motifs is 2. The van der Waals surface area contributed by atoms with Crippen molar-refractivity contribution < 1.29 is 9.53 Å². The van der Waals surface area contributed by atoms with Gasteiger partial charge in [-0.05, 0) is 44.4 Å². The Hall–Kier alpha value is -0.790. The average Bonchev–Trinajstić information content (AvgIpc) is 2.25. The van der Waals surface area contributed by atoms with Gasteiger partial charge in [0.1, 0.15) is 0 Å². The third kappa shape index (κ3) is 1.82. The topological polar surface area (TPSA) is 26.3 Å². The summed E-state index contributed by atoms with van der Waals surface area (Å²) in [5.41, 5.74) is -0.272. The fraction of sp³-hybridized carbons (Fsp3) is 0.769. The quantitative estimate of drug-likeness (QED) is 0.515. The second-order valence-electron chi connectivity index (χ2n) is 4.99. The van der Waals surface area contributed by atoms with E-state index in [9.17, 15) is 4.79 Å². The molecular weight excluding hydrogens is 188 g/mol. The molecule has 2 rings (SSSR count). The number of hydrogen-bond acceptors (Lipinski definition) is 2. The molecule has 0 amide bonds. The highest BCUT2D eigenvalue weighted by atomic mass is 16.5. The number of carbonyl (C=O) groups is 1. The molecular formula is C13H20O2. The predicted octanol–water partition coefficient (Wildman–Crippen LogP) is 2.93. The molecule has 0 unspecified atom stereocenters. The fourth-order valence-corrected chi connectivity index (χ4v) is 2.96. The predicted molar refractivity (Wildman–Crippen MR) is 59.3 cm³/mol.